The molecule has 4 nitrogen and oxygen atoms in total. The van der Waals surface area contributed by atoms with E-state index in [2.05, 4.69) is 9.97 Å². The predicted molar refractivity (Wildman–Crippen MR) is 53.3 cm³/mol. The van der Waals surface area contributed by atoms with Crippen LogP contribution in [0, 0.1) is 0 Å². The summed E-state index contributed by atoms with van der Waals surface area (Å²) >= 11 is 0. The summed E-state index contributed by atoms with van der Waals surface area (Å²) in [5.41, 5.74) is 13.7. The Balaban J connectivity index is 2.49. The molecule has 0 aliphatic rings. The van der Waals surface area contributed by atoms with Gasteiger partial charge in [0, 0.05) is 12.1 Å². The quantitative estimate of drug-likeness (QED) is 0.587. The van der Waals surface area contributed by atoms with E-state index in [0.717, 1.165) is 29.0 Å². The molecule has 1 aromatic carbocycles. The number of fused-ring (bicyclic) bond motifs is 1. The number of rotatable bonds is 2. The van der Waals surface area contributed by atoms with Gasteiger partial charge in [0.15, 0.2) is 0 Å². The van der Waals surface area contributed by atoms with Crippen LogP contribution in [0.3, 0.4) is 0 Å². The molecule has 0 atom stereocenters. The molecule has 68 valence electrons. The van der Waals surface area contributed by atoms with Crippen molar-refractivity contribution in [3.05, 3.63) is 24.0 Å². The second kappa shape index (κ2) is 3.06. The lowest BCUT2D eigenvalue weighted by Gasteiger charge is -1.89. The first kappa shape index (κ1) is 8.07. The summed E-state index contributed by atoms with van der Waals surface area (Å²) in [4.78, 5) is 7.52. The first-order valence-electron chi connectivity index (χ1n) is 4.24. The Morgan fingerprint density at radius 3 is 3.00 bits per heavy atom. The zero-order chi connectivity index (χ0) is 9.26. The number of H-pyrrole nitrogens is 1. The number of hydrogen-bond acceptors (Lipinski definition) is 3. The molecule has 0 unspecified atom stereocenters. The van der Waals surface area contributed by atoms with Gasteiger partial charge in [-0.25, -0.2) is 4.98 Å². The summed E-state index contributed by atoms with van der Waals surface area (Å²) < 4.78 is 0. The highest BCUT2D eigenvalue weighted by atomic mass is 14.9. The lowest BCUT2D eigenvalue weighted by Crippen LogP contribution is -2.03. The molecule has 0 saturated heterocycles. The molecule has 5 N–H and O–H groups in total. The van der Waals surface area contributed by atoms with Crippen LogP contribution in [0.4, 0.5) is 5.69 Å². The molecule has 2 rings (SSSR count). The third kappa shape index (κ3) is 1.48. The van der Waals surface area contributed by atoms with Crippen LogP contribution in [0.25, 0.3) is 11.0 Å². The van der Waals surface area contributed by atoms with E-state index in [-0.39, 0.29) is 0 Å². The second-order valence-corrected chi connectivity index (χ2v) is 3.00. The molecule has 2 aromatic rings. The fourth-order valence-electron chi connectivity index (χ4n) is 1.34. The molecule has 0 amide bonds. The van der Waals surface area contributed by atoms with E-state index in [4.69, 9.17) is 11.5 Å². The highest BCUT2D eigenvalue weighted by Crippen LogP contribution is 2.14. The highest BCUT2D eigenvalue weighted by Gasteiger charge is 2.01. The van der Waals surface area contributed by atoms with E-state index >= 15 is 0 Å². The van der Waals surface area contributed by atoms with Crippen molar-refractivity contribution < 1.29 is 0 Å². The van der Waals surface area contributed by atoms with E-state index in [1.165, 1.54) is 0 Å². The van der Waals surface area contributed by atoms with Gasteiger partial charge >= 0.3 is 0 Å². The van der Waals surface area contributed by atoms with Gasteiger partial charge in [-0.05, 0) is 24.7 Å². The highest BCUT2D eigenvalue weighted by molar-refractivity contribution is 5.78. The van der Waals surface area contributed by atoms with Gasteiger partial charge in [-0.15, -0.1) is 0 Å². The van der Waals surface area contributed by atoms with Crippen molar-refractivity contribution in [3.63, 3.8) is 0 Å². The van der Waals surface area contributed by atoms with Crippen molar-refractivity contribution in [2.75, 3.05) is 12.3 Å². The Morgan fingerprint density at radius 1 is 1.38 bits per heavy atom. The van der Waals surface area contributed by atoms with Crippen molar-refractivity contribution in [1.29, 1.82) is 0 Å². The van der Waals surface area contributed by atoms with Crippen LogP contribution in [0.1, 0.15) is 5.82 Å². The molecule has 0 aliphatic heterocycles. The zero-order valence-electron chi connectivity index (χ0n) is 7.25. The number of imidazole rings is 1. The average molecular weight is 176 g/mol. The lowest BCUT2D eigenvalue weighted by molar-refractivity contribution is 0.900. The van der Waals surface area contributed by atoms with Gasteiger partial charge in [-0.3, -0.25) is 0 Å². The van der Waals surface area contributed by atoms with Crippen molar-refractivity contribution in [1.82, 2.24) is 9.97 Å². The average Bonchev–Trinajstić information content (AvgIpc) is 2.46. The number of benzene rings is 1. The Bertz CT molecular complexity index is 418. The minimum absolute atomic E-state index is 0.606. The van der Waals surface area contributed by atoms with Crippen molar-refractivity contribution in [2.45, 2.75) is 6.42 Å². The summed E-state index contributed by atoms with van der Waals surface area (Å²) in [6, 6.07) is 5.62. The zero-order valence-corrected chi connectivity index (χ0v) is 7.25. The van der Waals surface area contributed by atoms with Crippen molar-refractivity contribution >= 4 is 16.7 Å². The number of nitrogens with one attached hydrogen (secondary N) is 1. The second-order valence-electron chi connectivity index (χ2n) is 3.00. The van der Waals surface area contributed by atoms with Crippen LogP contribution in [-0.4, -0.2) is 16.5 Å². The first-order valence-corrected chi connectivity index (χ1v) is 4.24. The number of anilines is 1. The van der Waals surface area contributed by atoms with E-state index in [0.29, 0.717) is 6.54 Å². The first-order chi connectivity index (χ1) is 6.29. The van der Waals surface area contributed by atoms with E-state index in [1.807, 2.05) is 18.2 Å². The summed E-state index contributed by atoms with van der Waals surface area (Å²) in [7, 11) is 0. The van der Waals surface area contributed by atoms with Crippen LogP contribution in [-0.2, 0) is 6.42 Å². The number of aromatic amines is 1. The molecule has 13 heavy (non-hydrogen) atoms. The standard InChI is InChI=1S/C9H12N4/c10-4-3-9-12-7-2-1-6(11)5-8(7)13-9/h1-2,5H,3-4,10-11H2,(H,12,13). The van der Waals surface area contributed by atoms with E-state index in [9.17, 15) is 0 Å². The van der Waals surface area contributed by atoms with Crippen LogP contribution in [0.2, 0.25) is 0 Å². The maximum absolute atomic E-state index is 5.63. The maximum atomic E-state index is 5.63. The fourth-order valence-corrected chi connectivity index (χ4v) is 1.34. The summed E-state index contributed by atoms with van der Waals surface area (Å²) in [5, 5.41) is 0. The van der Waals surface area contributed by atoms with Crippen molar-refractivity contribution in [3.8, 4) is 0 Å². The fraction of sp³-hybridized carbons (Fsp3) is 0.222. The normalized spacial score (nSPS) is 10.8. The number of nitrogens with two attached hydrogens (primary N) is 2. The molecular formula is C9H12N4. The van der Waals surface area contributed by atoms with Gasteiger partial charge in [0.25, 0.3) is 0 Å². The SMILES string of the molecule is NCCc1nc2ccc(N)cc2[nH]1. The lowest BCUT2D eigenvalue weighted by atomic mass is 10.3. The third-order valence-electron chi connectivity index (χ3n) is 1.94. The number of aromatic nitrogens is 2. The number of nitrogens with zero attached hydrogens (tertiary/aromatic N) is 1. The Morgan fingerprint density at radius 2 is 2.23 bits per heavy atom. The third-order valence-corrected chi connectivity index (χ3v) is 1.94. The molecule has 0 radical (unpaired) electrons. The Kier molecular flexibility index (Phi) is 1.90. The van der Waals surface area contributed by atoms with E-state index < -0.39 is 0 Å². The molecule has 0 aliphatic carbocycles. The molecule has 0 fully saturated rings. The van der Waals surface area contributed by atoms with Gasteiger partial charge in [0.05, 0.1) is 11.0 Å². The summed E-state index contributed by atoms with van der Waals surface area (Å²) in [6.07, 6.45) is 0.772. The predicted octanol–water partition coefficient (Wildman–Crippen LogP) is 0.646. The monoisotopic (exact) mass is 176 g/mol. The molecule has 0 bridgehead atoms. The summed E-state index contributed by atoms with van der Waals surface area (Å²) in [6.45, 7) is 0.606. The molecule has 1 heterocycles. The van der Waals surface area contributed by atoms with E-state index in [1.54, 1.807) is 0 Å². The smallest absolute Gasteiger partial charge is 0.108 e. The molecule has 0 spiro atoms. The van der Waals surface area contributed by atoms with Gasteiger partial charge in [-0.2, -0.15) is 0 Å². The Labute approximate surface area is 76.0 Å². The van der Waals surface area contributed by atoms with Crippen LogP contribution in [0.15, 0.2) is 18.2 Å². The molecule has 4 heteroatoms. The molecule has 0 saturated carbocycles. The van der Waals surface area contributed by atoms with Gasteiger partial charge in [0.2, 0.25) is 0 Å². The minimum atomic E-state index is 0.606. The van der Waals surface area contributed by atoms with Crippen LogP contribution < -0.4 is 11.5 Å². The van der Waals surface area contributed by atoms with Crippen LogP contribution >= 0.6 is 0 Å². The van der Waals surface area contributed by atoms with Gasteiger partial charge in [0.1, 0.15) is 5.82 Å². The Hall–Kier alpha value is -1.55. The van der Waals surface area contributed by atoms with Gasteiger partial charge in [-0.1, -0.05) is 0 Å². The summed E-state index contributed by atoms with van der Waals surface area (Å²) in [5.74, 6) is 0.920. The number of nitrogen functional groups attached to an aromatic ring is 1. The number of hydrogen-bond donors (Lipinski definition) is 3. The van der Waals surface area contributed by atoms with Crippen molar-refractivity contribution in [2.24, 2.45) is 5.73 Å². The van der Waals surface area contributed by atoms with Gasteiger partial charge < -0.3 is 16.5 Å². The maximum Gasteiger partial charge on any atom is 0.108 e. The largest absolute Gasteiger partial charge is 0.399 e. The molecular weight excluding hydrogens is 164 g/mol. The molecule has 1 aromatic heterocycles. The topological polar surface area (TPSA) is 80.7 Å². The van der Waals surface area contributed by atoms with Crippen LogP contribution in [0.5, 0.6) is 0 Å². The minimum Gasteiger partial charge on any atom is -0.399 e.